The predicted octanol–water partition coefficient (Wildman–Crippen LogP) is 3.47. The second-order valence-corrected chi connectivity index (χ2v) is 7.97. The molecule has 1 fully saturated rings. The fourth-order valence-electron chi connectivity index (χ4n) is 3.87. The molecule has 6 nitrogen and oxygen atoms in total. The van der Waals surface area contributed by atoms with E-state index in [-0.39, 0.29) is 11.9 Å². The molecule has 7 heteroatoms. The molecule has 24 heavy (non-hydrogen) atoms. The quantitative estimate of drug-likeness (QED) is 0.786. The van der Waals surface area contributed by atoms with Crippen LogP contribution in [0.15, 0.2) is 22.8 Å². The lowest BCUT2D eigenvalue weighted by Gasteiger charge is -2.38. The Labute approximate surface area is 144 Å². The molecule has 0 spiro atoms. The van der Waals surface area contributed by atoms with Crippen LogP contribution < -0.4 is 0 Å². The summed E-state index contributed by atoms with van der Waals surface area (Å²) in [6.07, 6.45) is 2.93. The number of furan rings is 1. The second-order valence-electron chi connectivity index (χ2n) is 6.96. The molecule has 0 aromatic carbocycles. The van der Waals surface area contributed by atoms with Gasteiger partial charge in [0.1, 0.15) is 17.6 Å². The van der Waals surface area contributed by atoms with E-state index in [0.29, 0.717) is 17.7 Å². The first-order valence-electron chi connectivity index (χ1n) is 8.35. The Bertz CT molecular complexity index is 828. The smallest absolute Gasteiger partial charge is 0.230 e. The summed E-state index contributed by atoms with van der Waals surface area (Å²) in [6.45, 7) is 8.38. The van der Waals surface area contributed by atoms with Crippen LogP contribution in [0.2, 0.25) is 0 Å². The van der Waals surface area contributed by atoms with Crippen molar-refractivity contribution in [2.75, 3.05) is 13.1 Å². The van der Waals surface area contributed by atoms with Crippen LogP contribution in [0.1, 0.15) is 42.8 Å². The normalized spacial score (nSPS) is 23.8. The maximum absolute atomic E-state index is 10.7. The first kappa shape index (κ1) is 15.7. The van der Waals surface area contributed by atoms with Gasteiger partial charge < -0.3 is 9.52 Å². The van der Waals surface area contributed by atoms with Gasteiger partial charge in [-0.3, -0.25) is 4.90 Å². The number of hydrogen-bond acceptors (Lipinski definition) is 6. The molecule has 4 rings (SSSR count). The minimum Gasteiger partial charge on any atom is -0.492 e. The van der Waals surface area contributed by atoms with E-state index in [2.05, 4.69) is 28.8 Å². The maximum Gasteiger partial charge on any atom is 0.230 e. The number of hydrogen-bond donors (Lipinski definition) is 1. The highest BCUT2D eigenvalue weighted by Crippen LogP contribution is 2.41. The van der Waals surface area contributed by atoms with Gasteiger partial charge in [0, 0.05) is 13.1 Å². The van der Waals surface area contributed by atoms with Gasteiger partial charge in [0.05, 0.1) is 11.1 Å². The number of aromatic hydroxyl groups is 1. The Kier molecular flexibility index (Phi) is 3.85. The minimum atomic E-state index is -0.0981. The maximum atomic E-state index is 10.7. The van der Waals surface area contributed by atoms with Crippen molar-refractivity contribution in [1.29, 1.82) is 0 Å². The molecule has 0 amide bonds. The molecule has 128 valence electrons. The van der Waals surface area contributed by atoms with Gasteiger partial charge in [-0.25, -0.2) is 4.98 Å². The average molecular weight is 346 g/mol. The standard InChI is InChI=1S/C17H22N4O2S/c1-10-7-11(2)9-20(8-10)14(13-5-4-6-23-13)15-16(22)21-17(24-15)18-12(3)19-21/h4-6,10-11,14,22H,7-9H2,1-3H3/t10-,11-,14+/m0/s1. The lowest BCUT2D eigenvalue weighted by atomic mass is 9.90. The lowest BCUT2D eigenvalue weighted by molar-refractivity contribution is 0.102. The molecule has 0 unspecified atom stereocenters. The van der Waals surface area contributed by atoms with Crippen LogP contribution in [0.3, 0.4) is 0 Å². The van der Waals surface area contributed by atoms with Crippen molar-refractivity contribution >= 4 is 16.3 Å². The summed E-state index contributed by atoms with van der Waals surface area (Å²) < 4.78 is 7.26. The van der Waals surface area contributed by atoms with Gasteiger partial charge in [0.15, 0.2) is 0 Å². The molecule has 0 bridgehead atoms. The van der Waals surface area contributed by atoms with Crippen molar-refractivity contribution in [3.63, 3.8) is 0 Å². The third kappa shape index (κ3) is 2.61. The number of fused-ring (bicyclic) bond motifs is 1. The molecule has 4 heterocycles. The SMILES string of the molecule is Cc1nc2sc([C@@H](c3ccco3)N3C[C@@H](C)C[C@H](C)C3)c(O)n2n1. The summed E-state index contributed by atoms with van der Waals surface area (Å²) in [4.78, 5) is 8.37. The highest BCUT2D eigenvalue weighted by Gasteiger charge is 2.35. The van der Waals surface area contributed by atoms with Crippen molar-refractivity contribution in [3.8, 4) is 5.88 Å². The molecule has 1 aliphatic heterocycles. The van der Waals surface area contributed by atoms with Gasteiger partial charge >= 0.3 is 0 Å². The highest BCUT2D eigenvalue weighted by atomic mass is 32.1. The van der Waals surface area contributed by atoms with Crippen molar-refractivity contribution in [2.45, 2.75) is 33.2 Å². The predicted molar refractivity (Wildman–Crippen MR) is 92.3 cm³/mol. The highest BCUT2D eigenvalue weighted by molar-refractivity contribution is 7.17. The van der Waals surface area contributed by atoms with Crippen LogP contribution in [-0.2, 0) is 0 Å². The zero-order valence-corrected chi connectivity index (χ0v) is 15.0. The molecule has 3 aromatic heterocycles. The van der Waals surface area contributed by atoms with Gasteiger partial charge in [-0.1, -0.05) is 25.2 Å². The van der Waals surface area contributed by atoms with Crippen LogP contribution >= 0.6 is 11.3 Å². The van der Waals surface area contributed by atoms with E-state index in [9.17, 15) is 5.11 Å². The number of rotatable bonds is 3. The molecular formula is C17H22N4O2S. The van der Waals surface area contributed by atoms with E-state index in [1.807, 2.05) is 19.1 Å². The molecule has 3 atom stereocenters. The summed E-state index contributed by atoms with van der Waals surface area (Å²) in [5.41, 5.74) is 0. The van der Waals surface area contributed by atoms with Crippen LogP contribution in [0, 0.1) is 18.8 Å². The summed E-state index contributed by atoms with van der Waals surface area (Å²) >= 11 is 1.48. The fraction of sp³-hybridized carbons (Fsp3) is 0.529. The summed E-state index contributed by atoms with van der Waals surface area (Å²) in [5, 5.41) is 15.0. The lowest BCUT2D eigenvalue weighted by Crippen LogP contribution is -2.41. The largest absolute Gasteiger partial charge is 0.492 e. The average Bonchev–Trinajstić information content (AvgIpc) is 3.20. The molecule has 0 radical (unpaired) electrons. The Morgan fingerprint density at radius 1 is 1.33 bits per heavy atom. The minimum absolute atomic E-state index is 0.0981. The molecule has 1 aliphatic rings. The van der Waals surface area contributed by atoms with E-state index in [0.717, 1.165) is 28.7 Å². The first-order chi connectivity index (χ1) is 11.5. The molecule has 3 aromatic rings. The number of thiazole rings is 1. The van der Waals surface area contributed by atoms with Crippen LogP contribution in [0.5, 0.6) is 5.88 Å². The van der Waals surface area contributed by atoms with Crippen LogP contribution in [0.25, 0.3) is 4.96 Å². The molecule has 0 aliphatic carbocycles. The summed E-state index contributed by atoms with van der Waals surface area (Å²) in [5.74, 6) is 2.93. The van der Waals surface area contributed by atoms with Crippen molar-refractivity contribution in [2.24, 2.45) is 11.8 Å². The third-order valence-corrected chi connectivity index (χ3v) is 5.70. The van der Waals surface area contributed by atoms with Gasteiger partial charge in [0.2, 0.25) is 10.8 Å². The molecule has 0 saturated carbocycles. The number of piperidine rings is 1. The van der Waals surface area contributed by atoms with Gasteiger partial charge in [0.25, 0.3) is 0 Å². The van der Waals surface area contributed by atoms with E-state index in [1.54, 1.807) is 6.26 Å². The van der Waals surface area contributed by atoms with E-state index in [1.165, 1.54) is 22.3 Å². The van der Waals surface area contributed by atoms with Crippen LogP contribution in [0.4, 0.5) is 0 Å². The molecule has 1 saturated heterocycles. The van der Waals surface area contributed by atoms with Gasteiger partial charge in [-0.15, -0.1) is 5.10 Å². The topological polar surface area (TPSA) is 66.8 Å². The third-order valence-electron chi connectivity index (χ3n) is 4.63. The Morgan fingerprint density at radius 2 is 2.08 bits per heavy atom. The van der Waals surface area contributed by atoms with Gasteiger partial charge in [-0.05, 0) is 37.3 Å². The number of nitrogens with zero attached hydrogens (tertiary/aromatic N) is 4. The zero-order valence-electron chi connectivity index (χ0n) is 14.1. The second kappa shape index (κ2) is 5.89. The van der Waals surface area contributed by atoms with Crippen molar-refractivity contribution in [1.82, 2.24) is 19.5 Å². The monoisotopic (exact) mass is 346 g/mol. The van der Waals surface area contributed by atoms with E-state index < -0.39 is 0 Å². The van der Waals surface area contributed by atoms with Gasteiger partial charge in [-0.2, -0.15) is 4.52 Å². The van der Waals surface area contributed by atoms with E-state index in [4.69, 9.17) is 4.42 Å². The number of aromatic nitrogens is 3. The Morgan fingerprint density at radius 3 is 2.71 bits per heavy atom. The van der Waals surface area contributed by atoms with Crippen LogP contribution in [-0.4, -0.2) is 37.7 Å². The number of aryl methyl sites for hydroxylation is 1. The first-order valence-corrected chi connectivity index (χ1v) is 9.17. The zero-order chi connectivity index (χ0) is 16.8. The number of likely N-dealkylation sites (tertiary alicyclic amines) is 1. The summed E-state index contributed by atoms with van der Waals surface area (Å²) in [7, 11) is 0. The van der Waals surface area contributed by atoms with E-state index >= 15 is 0 Å². The molecule has 1 N–H and O–H groups in total. The fourth-order valence-corrected chi connectivity index (χ4v) is 5.01. The summed E-state index contributed by atoms with van der Waals surface area (Å²) in [6, 6.07) is 3.78. The molecular weight excluding hydrogens is 324 g/mol. The van der Waals surface area contributed by atoms with Crippen molar-refractivity contribution < 1.29 is 9.52 Å². The van der Waals surface area contributed by atoms with Crippen molar-refractivity contribution in [3.05, 3.63) is 34.9 Å². The Hall–Kier alpha value is -1.86. The Balaban J connectivity index is 1.80.